The van der Waals surface area contributed by atoms with Crippen LogP contribution in [0.5, 0.6) is 5.75 Å². The summed E-state index contributed by atoms with van der Waals surface area (Å²) in [6.07, 6.45) is -5.59. The third-order valence-corrected chi connectivity index (χ3v) is 7.22. The van der Waals surface area contributed by atoms with Gasteiger partial charge in [-0.25, -0.2) is 8.42 Å². The van der Waals surface area contributed by atoms with Crippen molar-refractivity contribution in [1.82, 2.24) is 0 Å². The molecule has 0 spiro atoms. The van der Waals surface area contributed by atoms with Crippen LogP contribution in [0.1, 0.15) is 51.7 Å². The van der Waals surface area contributed by atoms with Crippen LogP contribution < -0.4 is 9.04 Å². The van der Waals surface area contributed by atoms with Crippen molar-refractivity contribution in [2.45, 2.75) is 69.7 Å². The maximum absolute atomic E-state index is 13.7. The van der Waals surface area contributed by atoms with Crippen molar-refractivity contribution < 1.29 is 45.4 Å². The van der Waals surface area contributed by atoms with Gasteiger partial charge >= 0.3 is 18.1 Å². The molecule has 38 heavy (non-hydrogen) atoms. The van der Waals surface area contributed by atoms with Crippen LogP contribution in [-0.4, -0.2) is 45.2 Å². The normalized spacial score (nSPS) is 15.9. The van der Waals surface area contributed by atoms with Gasteiger partial charge in [-0.1, -0.05) is 12.1 Å². The highest BCUT2D eigenvalue weighted by atomic mass is 32.2. The van der Waals surface area contributed by atoms with Crippen LogP contribution in [0.4, 0.5) is 18.9 Å². The number of halogens is 3. The first-order chi connectivity index (χ1) is 17.6. The highest BCUT2D eigenvalue weighted by molar-refractivity contribution is 7.92. The highest BCUT2D eigenvalue weighted by Crippen LogP contribution is 2.39. The number of carbonyl (C=O) groups excluding carboxylic acids is 2. The molecule has 0 saturated heterocycles. The molecule has 0 amide bonds. The Morgan fingerprint density at radius 3 is 2.42 bits per heavy atom. The molecule has 1 heterocycles. The van der Waals surface area contributed by atoms with Gasteiger partial charge in [-0.2, -0.15) is 13.2 Å². The number of esters is 2. The van der Waals surface area contributed by atoms with Crippen molar-refractivity contribution in [3.05, 3.63) is 53.6 Å². The molecule has 0 radical (unpaired) electrons. The molecule has 0 N–H and O–H groups in total. The second-order valence-corrected chi connectivity index (χ2v) is 11.6. The topological polar surface area (TPSA) is 99.2 Å². The maximum atomic E-state index is 13.7. The van der Waals surface area contributed by atoms with E-state index in [1.807, 2.05) is 0 Å². The molecule has 8 nitrogen and oxygen atoms in total. The molecule has 1 aliphatic rings. The number of carbonyl (C=O) groups is 2. The fourth-order valence-electron chi connectivity index (χ4n) is 3.86. The summed E-state index contributed by atoms with van der Waals surface area (Å²) in [6.45, 7) is 6.72. The number of ether oxygens (including phenoxy) is 3. The van der Waals surface area contributed by atoms with E-state index in [1.54, 1.807) is 33.8 Å². The third-order valence-electron chi connectivity index (χ3n) is 5.45. The van der Waals surface area contributed by atoms with Gasteiger partial charge in [0.15, 0.2) is 0 Å². The van der Waals surface area contributed by atoms with E-state index < -0.39 is 50.3 Å². The van der Waals surface area contributed by atoms with Crippen LogP contribution in [0, 0.1) is 0 Å². The summed E-state index contributed by atoms with van der Waals surface area (Å²) in [4.78, 5) is 23.6. The molecule has 0 bridgehead atoms. The van der Waals surface area contributed by atoms with Gasteiger partial charge in [-0.05, 0) is 70.0 Å². The van der Waals surface area contributed by atoms with Crippen LogP contribution in [0.2, 0.25) is 0 Å². The van der Waals surface area contributed by atoms with Crippen LogP contribution in [0.25, 0.3) is 0 Å². The standard InChI is InChI=1S/C26H30F3NO7S/c1-5-35-23(31)12-10-19-16-30(38(33,34)20-8-6-7-18(15-20)26(27,28)29)21-13-17(9-11-22(21)36-19)14-24(32)37-25(2,3)4/h6-9,11,13,15,19H,5,10,12,14,16H2,1-4H3/t19-/m0/s1. The molecule has 1 atom stereocenters. The van der Waals surface area contributed by atoms with Crippen LogP contribution in [0.3, 0.4) is 0 Å². The van der Waals surface area contributed by atoms with Crippen LogP contribution in [0.15, 0.2) is 47.4 Å². The minimum atomic E-state index is -4.74. The molecule has 2 aromatic rings. The van der Waals surface area contributed by atoms with Crippen molar-refractivity contribution in [2.24, 2.45) is 0 Å². The number of rotatable bonds is 8. The Hall–Kier alpha value is -3.28. The van der Waals surface area contributed by atoms with E-state index in [2.05, 4.69) is 0 Å². The first kappa shape index (κ1) is 29.3. The number of fused-ring (bicyclic) bond motifs is 1. The van der Waals surface area contributed by atoms with Gasteiger partial charge in [-0.3, -0.25) is 13.9 Å². The van der Waals surface area contributed by atoms with E-state index >= 15 is 0 Å². The largest absolute Gasteiger partial charge is 0.486 e. The van der Waals surface area contributed by atoms with E-state index in [9.17, 15) is 31.2 Å². The Kier molecular flexibility index (Phi) is 8.65. The molecule has 0 aliphatic carbocycles. The minimum Gasteiger partial charge on any atom is -0.486 e. The Morgan fingerprint density at radius 2 is 1.79 bits per heavy atom. The Balaban J connectivity index is 2.00. The molecular weight excluding hydrogens is 527 g/mol. The van der Waals surface area contributed by atoms with Crippen molar-refractivity contribution in [3.63, 3.8) is 0 Å². The van der Waals surface area contributed by atoms with Crippen molar-refractivity contribution in [1.29, 1.82) is 0 Å². The lowest BCUT2D eigenvalue weighted by atomic mass is 10.1. The summed E-state index contributed by atoms with van der Waals surface area (Å²) < 4.78 is 84.4. The summed E-state index contributed by atoms with van der Waals surface area (Å²) in [7, 11) is -4.49. The van der Waals surface area contributed by atoms with E-state index in [4.69, 9.17) is 14.2 Å². The minimum absolute atomic E-state index is 0.0397. The maximum Gasteiger partial charge on any atom is 0.416 e. The average molecular weight is 558 g/mol. The lowest BCUT2D eigenvalue weighted by Crippen LogP contribution is -2.44. The number of sulfonamides is 1. The predicted octanol–water partition coefficient (Wildman–Crippen LogP) is 4.89. The van der Waals surface area contributed by atoms with Crippen molar-refractivity contribution in [3.8, 4) is 5.75 Å². The van der Waals surface area contributed by atoms with E-state index in [-0.39, 0.29) is 43.9 Å². The highest BCUT2D eigenvalue weighted by Gasteiger charge is 2.37. The van der Waals surface area contributed by atoms with E-state index in [0.717, 1.165) is 22.5 Å². The zero-order chi connectivity index (χ0) is 28.3. The fourth-order valence-corrected chi connectivity index (χ4v) is 5.41. The summed E-state index contributed by atoms with van der Waals surface area (Å²) in [6, 6.07) is 7.96. The van der Waals surface area contributed by atoms with E-state index in [1.165, 1.54) is 12.1 Å². The summed E-state index contributed by atoms with van der Waals surface area (Å²) in [5.74, 6) is -0.871. The smallest absolute Gasteiger partial charge is 0.416 e. The third kappa shape index (κ3) is 7.40. The molecule has 0 aromatic heterocycles. The molecule has 0 unspecified atom stereocenters. The zero-order valence-corrected chi connectivity index (χ0v) is 22.3. The Labute approximate surface area is 219 Å². The molecule has 0 saturated carbocycles. The predicted molar refractivity (Wildman–Crippen MR) is 132 cm³/mol. The lowest BCUT2D eigenvalue weighted by Gasteiger charge is -2.36. The lowest BCUT2D eigenvalue weighted by molar-refractivity contribution is -0.154. The molecule has 208 valence electrons. The van der Waals surface area contributed by atoms with Crippen LogP contribution in [-0.2, 0) is 41.7 Å². The first-order valence-electron chi connectivity index (χ1n) is 12.0. The molecule has 2 aromatic carbocycles. The Bertz CT molecular complexity index is 1290. The number of hydrogen-bond acceptors (Lipinski definition) is 7. The van der Waals surface area contributed by atoms with Crippen molar-refractivity contribution in [2.75, 3.05) is 17.5 Å². The summed E-state index contributed by atoms with van der Waals surface area (Å²) in [5, 5.41) is 0. The van der Waals surface area contributed by atoms with Gasteiger partial charge in [0.1, 0.15) is 17.5 Å². The SMILES string of the molecule is CCOC(=O)CC[C@H]1CN(S(=O)(=O)c2cccc(C(F)(F)F)c2)c2cc(CC(=O)OC(C)(C)C)ccc2O1. The van der Waals surface area contributed by atoms with Crippen LogP contribution >= 0.6 is 0 Å². The monoisotopic (exact) mass is 557 g/mol. The summed E-state index contributed by atoms with van der Waals surface area (Å²) in [5.41, 5.74) is -1.34. The number of alkyl halides is 3. The Morgan fingerprint density at radius 1 is 1.08 bits per heavy atom. The quantitative estimate of drug-likeness (QED) is 0.426. The first-order valence-corrected chi connectivity index (χ1v) is 13.4. The molecule has 0 fully saturated rings. The van der Waals surface area contributed by atoms with Gasteiger partial charge in [0.2, 0.25) is 0 Å². The van der Waals surface area contributed by atoms with Crippen molar-refractivity contribution >= 4 is 27.6 Å². The second-order valence-electron chi connectivity index (χ2n) is 9.71. The molecular formula is C26H30F3NO7S. The number of hydrogen-bond donors (Lipinski definition) is 0. The average Bonchev–Trinajstić information content (AvgIpc) is 2.80. The van der Waals surface area contributed by atoms with Gasteiger partial charge in [-0.15, -0.1) is 0 Å². The second kappa shape index (κ2) is 11.2. The van der Waals surface area contributed by atoms with Gasteiger partial charge < -0.3 is 14.2 Å². The molecule has 1 aliphatic heterocycles. The zero-order valence-electron chi connectivity index (χ0n) is 21.5. The van der Waals surface area contributed by atoms with Gasteiger partial charge in [0.05, 0.1) is 35.7 Å². The fraction of sp³-hybridized carbons (Fsp3) is 0.462. The molecule has 12 heteroatoms. The summed E-state index contributed by atoms with van der Waals surface area (Å²) >= 11 is 0. The number of anilines is 1. The van der Waals surface area contributed by atoms with Gasteiger partial charge in [0, 0.05) is 6.42 Å². The number of benzene rings is 2. The molecule has 3 rings (SSSR count). The number of nitrogens with zero attached hydrogens (tertiary/aromatic N) is 1. The van der Waals surface area contributed by atoms with Gasteiger partial charge in [0.25, 0.3) is 10.0 Å². The van der Waals surface area contributed by atoms with E-state index in [0.29, 0.717) is 11.6 Å².